The lowest BCUT2D eigenvalue weighted by Crippen LogP contribution is -2.24. The van der Waals surface area contributed by atoms with Crippen LogP contribution in [0.25, 0.3) is 0 Å². The van der Waals surface area contributed by atoms with Crippen LogP contribution in [0.3, 0.4) is 0 Å². The van der Waals surface area contributed by atoms with Gasteiger partial charge in [0.1, 0.15) is 10.4 Å². The van der Waals surface area contributed by atoms with Crippen molar-refractivity contribution >= 4 is 24.9 Å². The van der Waals surface area contributed by atoms with Gasteiger partial charge < -0.3 is 9.63 Å². The molecule has 0 aromatic carbocycles. The predicted octanol–water partition coefficient (Wildman–Crippen LogP) is 5.24. The van der Waals surface area contributed by atoms with Gasteiger partial charge in [-0.1, -0.05) is 39.2 Å². The second-order valence-corrected chi connectivity index (χ2v) is 12.2. The monoisotopic (exact) mass is 454 g/mol. The average molecular weight is 455 g/mol. The van der Waals surface area contributed by atoms with Crippen molar-refractivity contribution in [2.45, 2.75) is 54.3 Å². The molecule has 0 saturated heterocycles. The second kappa shape index (κ2) is 19.4. The van der Waals surface area contributed by atoms with Crippen LogP contribution in [0.5, 0.6) is 0 Å². The Labute approximate surface area is 200 Å². The molecule has 0 fully saturated rings. The second-order valence-electron chi connectivity index (χ2n) is 7.37. The van der Waals surface area contributed by atoms with E-state index in [-0.39, 0.29) is 16.8 Å². The molecule has 4 nitrogen and oxygen atoms in total. The quantitative estimate of drug-likeness (QED) is 0.201. The van der Waals surface area contributed by atoms with Gasteiger partial charge in [0.25, 0.3) is 0 Å². The zero-order valence-corrected chi connectivity index (χ0v) is 22.8. The number of hydrogen-bond acceptors (Lipinski definition) is 4. The Morgan fingerprint density at radius 2 is 1.30 bits per heavy atom. The number of allylic oxidation sites excluding steroid dienone is 1. The third-order valence-corrected chi connectivity index (χ3v) is 3.29. The van der Waals surface area contributed by atoms with Gasteiger partial charge in [0.2, 0.25) is 8.32 Å². The first-order valence-corrected chi connectivity index (χ1v) is 13.5. The molecule has 0 heterocycles. The van der Waals surface area contributed by atoms with E-state index in [9.17, 15) is 0 Å². The lowest BCUT2D eigenvalue weighted by Gasteiger charge is -2.20. The van der Waals surface area contributed by atoms with Crippen LogP contribution in [0.1, 0.15) is 46.0 Å². The van der Waals surface area contributed by atoms with Crippen molar-refractivity contribution in [1.82, 2.24) is 5.15 Å². The molecule has 0 saturated carbocycles. The number of hydrogen-bond donors (Lipinski definition) is 2. The fourth-order valence-electron chi connectivity index (χ4n) is 1.04. The zero-order chi connectivity index (χ0) is 24.1. The lowest BCUT2D eigenvalue weighted by molar-refractivity contribution is 0.250. The highest BCUT2D eigenvalue weighted by molar-refractivity contribution is 6.70. The summed E-state index contributed by atoms with van der Waals surface area (Å²) in [6, 6.07) is 0. The highest BCUT2D eigenvalue weighted by Gasteiger charge is 2.17. The van der Waals surface area contributed by atoms with Crippen LogP contribution in [0.15, 0.2) is 29.6 Å². The van der Waals surface area contributed by atoms with Crippen LogP contribution in [-0.4, -0.2) is 30.1 Å². The summed E-state index contributed by atoms with van der Waals surface area (Å²) in [5.41, 5.74) is 1.02. The van der Waals surface area contributed by atoms with Gasteiger partial charge in [0.15, 0.2) is 5.88 Å². The Bertz CT molecular complexity index is 865. The number of aliphatic imine (C=N–C) groups is 1. The molecule has 176 valence electrons. The summed E-state index contributed by atoms with van der Waals surface area (Å²) >= 11 is 0. The Kier molecular flexibility index (Phi) is 20.6. The first kappa shape index (κ1) is 31.8. The summed E-state index contributed by atoms with van der Waals surface area (Å²) in [5, 5.41) is 9.27. The standard InChI is InChI=1S/C12H23NOSi.C12H6.H5NOSi.8H2/c1-10(12(3,4)5)9-13-11(2)14-15(6,7)8;1-3-5-7-9-11-12-10-8-6-4-2;2-1-3;;;;;;;;/h9H,1-2H2,3-8H3;1-2H3;1-2H,3H3;8*1H. The molecule has 0 aliphatic rings. The van der Waals surface area contributed by atoms with Crippen LogP contribution >= 0.6 is 0 Å². The van der Waals surface area contributed by atoms with Gasteiger partial charge in [-0.15, -0.1) is 0 Å². The summed E-state index contributed by atoms with van der Waals surface area (Å²) in [7, 11) is -0.907. The molecule has 0 spiro atoms. The maximum absolute atomic E-state index is 7.38. The summed E-state index contributed by atoms with van der Waals surface area (Å²) in [4.78, 5) is 4.17. The molecule has 0 rings (SSSR count). The summed E-state index contributed by atoms with van der Waals surface area (Å²) in [5.74, 6) is 26.0. The van der Waals surface area contributed by atoms with Crippen molar-refractivity contribution in [3.63, 3.8) is 0 Å². The third-order valence-electron chi connectivity index (χ3n) is 2.44. The summed E-state index contributed by atoms with van der Waals surface area (Å²) in [6.07, 6.45) is 1.74. The van der Waals surface area contributed by atoms with Crippen LogP contribution in [0.4, 0.5) is 0 Å². The fraction of sp³-hybridized carbons (Fsp3) is 0.375. The van der Waals surface area contributed by atoms with E-state index in [1.807, 2.05) is 5.15 Å². The van der Waals surface area contributed by atoms with E-state index in [0.717, 1.165) is 5.57 Å². The molecule has 30 heavy (non-hydrogen) atoms. The summed E-state index contributed by atoms with van der Waals surface area (Å²) in [6.45, 7) is 23.8. The lowest BCUT2D eigenvalue weighted by atomic mass is 9.88. The third kappa shape index (κ3) is 29.9. The van der Waals surface area contributed by atoms with Crippen LogP contribution in [-0.2, 0) is 4.43 Å². The van der Waals surface area contributed by atoms with Gasteiger partial charge in [-0.3, -0.25) is 0 Å². The summed E-state index contributed by atoms with van der Waals surface area (Å²) < 4.78 is 5.61. The zero-order valence-electron chi connectivity index (χ0n) is 19.8. The van der Waals surface area contributed by atoms with E-state index in [0.29, 0.717) is 16.3 Å². The molecule has 0 aromatic heterocycles. The SMILES string of the molecule is C=C(N=CC(=C)C(C)(C)C)O[Si](C)(C)C.CC#CC#CC#CC#CC#CC.ON[SiH3].[HH].[HH].[HH].[HH].[HH].[HH].[HH].[HH]. The normalized spacial score (nSPS) is 8.70. The molecular formula is C24H50N2O2Si2. The van der Waals surface area contributed by atoms with Gasteiger partial charge in [-0.25, -0.2) is 10.1 Å². The number of rotatable bonds is 4. The Morgan fingerprint density at radius 1 is 0.967 bits per heavy atom. The van der Waals surface area contributed by atoms with Gasteiger partial charge in [0.05, 0.1) is 0 Å². The minimum Gasteiger partial charge on any atom is -0.532 e. The molecule has 0 unspecified atom stereocenters. The van der Waals surface area contributed by atoms with Gasteiger partial charge >= 0.3 is 0 Å². The Morgan fingerprint density at radius 3 is 1.57 bits per heavy atom. The highest BCUT2D eigenvalue weighted by atomic mass is 28.4. The Hall–Kier alpha value is -2.90. The van der Waals surface area contributed by atoms with E-state index in [2.05, 4.69) is 118 Å². The minimum absolute atomic E-state index is 0. The topological polar surface area (TPSA) is 53.9 Å². The van der Waals surface area contributed by atoms with Crippen molar-refractivity contribution in [3.8, 4) is 59.2 Å². The predicted molar refractivity (Wildman–Crippen MR) is 153 cm³/mol. The van der Waals surface area contributed by atoms with Crippen LogP contribution in [0, 0.1) is 64.6 Å². The molecule has 0 amide bonds. The van der Waals surface area contributed by atoms with Crippen molar-refractivity contribution in [3.05, 3.63) is 24.6 Å². The van der Waals surface area contributed by atoms with Crippen molar-refractivity contribution in [1.29, 1.82) is 0 Å². The molecule has 6 heteroatoms. The maximum atomic E-state index is 7.38. The minimum atomic E-state index is -1.58. The highest BCUT2D eigenvalue weighted by Crippen LogP contribution is 2.22. The van der Waals surface area contributed by atoms with Crippen LogP contribution in [0.2, 0.25) is 19.6 Å². The van der Waals surface area contributed by atoms with E-state index in [1.165, 1.54) is 0 Å². The molecule has 0 aliphatic heterocycles. The number of nitrogens with one attached hydrogen (secondary N) is 1. The molecule has 0 aromatic rings. The number of nitrogens with zero attached hydrogens (tertiary/aromatic N) is 1. The molecule has 0 radical (unpaired) electrons. The Balaban J connectivity index is -0.0000000327. The van der Waals surface area contributed by atoms with Crippen molar-refractivity contribution in [2.75, 3.05) is 0 Å². The molecule has 2 N–H and O–H groups in total. The molecule has 0 bridgehead atoms. The fourth-order valence-corrected chi connectivity index (χ4v) is 1.80. The van der Waals surface area contributed by atoms with E-state index in [1.54, 1.807) is 20.1 Å². The van der Waals surface area contributed by atoms with Crippen molar-refractivity contribution < 1.29 is 21.0 Å². The van der Waals surface area contributed by atoms with E-state index in [4.69, 9.17) is 9.63 Å². The van der Waals surface area contributed by atoms with Gasteiger partial charge in [0, 0.05) is 17.6 Å². The van der Waals surface area contributed by atoms with Crippen LogP contribution < -0.4 is 5.15 Å². The molecule has 0 atom stereocenters. The van der Waals surface area contributed by atoms with E-state index < -0.39 is 8.32 Å². The average Bonchev–Trinajstić information content (AvgIpc) is 2.61. The largest absolute Gasteiger partial charge is 0.532 e. The molecular weight excluding hydrogens is 404 g/mol. The van der Waals surface area contributed by atoms with Gasteiger partial charge in [-0.05, 0) is 98.4 Å². The van der Waals surface area contributed by atoms with Gasteiger partial charge in [-0.2, -0.15) is 0 Å². The first-order chi connectivity index (χ1) is 13.9. The van der Waals surface area contributed by atoms with Crippen molar-refractivity contribution in [2.24, 2.45) is 10.4 Å². The molecule has 0 aliphatic carbocycles. The smallest absolute Gasteiger partial charge is 0.244 e. The first-order valence-electron chi connectivity index (χ1n) is 9.11. The van der Waals surface area contributed by atoms with E-state index >= 15 is 0 Å². The maximum Gasteiger partial charge on any atom is 0.244 e.